The number of nitrogens with zero attached hydrogens (tertiary/aromatic N) is 3. The molecule has 1 aromatic carbocycles. The van der Waals surface area contributed by atoms with Crippen molar-refractivity contribution < 1.29 is 0 Å². The Bertz CT molecular complexity index is 587. The van der Waals surface area contributed by atoms with Gasteiger partial charge in [-0.3, -0.25) is 0 Å². The van der Waals surface area contributed by atoms with Crippen LogP contribution in [0, 0.1) is 6.92 Å². The average molecular weight is 307 g/mol. The summed E-state index contributed by atoms with van der Waals surface area (Å²) in [7, 11) is 0. The Labute approximate surface area is 115 Å². The van der Waals surface area contributed by atoms with Crippen molar-refractivity contribution in [2.45, 2.75) is 20.3 Å². The molecule has 0 atom stereocenters. The number of nitrogen functional groups attached to an aromatic ring is 1. The first kappa shape index (κ1) is 12.8. The summed E-state index contributed by atoms with van der Waals surface area (Å²) in [4.78, 5) is 4.10. The van der Waals surface area contributed by atoms with Crippen LogP contribution in [-0.2, 0) is 6.42 Å². The third-order valence-electron chi connectivity index (χ3n) is 2.64. The van der Waals surface area contributed by atoms with Gasteiger partial charge in [0.05, 0.1) is 18.1 Å². The van der Waals surface area contributed by atoms with Gasteiger partial charge in [-0.1, -0.05) is 28.9 Å². The number of anilines is 1. The van der Waals surface area contributed by atoms with Gasteiger partial charge in [0.25, 0.3) is 0 Å². The maximum Gasteiger partial charge on any atom is 0.221 e. The van der Waals surface area contributed by atoms with E-state index < -0.39 is 0 Å². The lowest BCUT2D eigenvalue weighted by Crippen LogP contribution is -1.98. The van der Waals surface area contributed by atoms with Gasteiger partial charge in [-0.25, -0.2) is 9.66 Å². The Balaban J connectivity index is 2.33. The molecule has 0 amide bonds. The predicted molar refractivity (Wildman–Crippen MR) is 77.9 cm³/mol. The Morgan fingerprint density at radius 1 is 1.50 bits per heavy atom. The number of halogens is 1. The number of aryl methyl sites for hydroxylation is 2. The molecular weight excluding hydrogens is 292 g/mol. The molecule has 0 unspecified atom stereocenters. The van der Waals surface area contributed by atoms with Gasteiger partial charge in [0, 0.05) is 4.47 Å². The van der Waals surface area contributed by atoms with Gasteiger partial charge in [0.2, 0.25) is 5.95 Å². The van der Waals surface area contributed by atoms with Crippen LogP contribution in [0.15, 0.2) is 34.0 Å². The Morgan fingerprint density at radius 3 is 2.89 bits per heavy atom. The minimum atomic E-state index is 0.400. The smallest absolute Gasteiger partial charge is 0.221 e. The van der Waals surface area contributed by atoms with E-state index in [2.05, 4.69) is 39.0 Å². The lowest BCUT2D eigenvalue weighted by Gasteiger charge is -2.03. The number of hydrogen-bond donors (Lipinski definition) is 1. The average Bonchev–Trinajstić information content (AvgIpc) is 2.65. The number of aromatic nitrogens is 2. The summed E-state index contributed by atoms with van der Waals surface area (Å²) >= 11 is 3.46. The molecule has 0 aliphatic rings. The summed E-state index contributed by atoms with van der Waals surface area (Å²) in [6.07, 6.45) is 4.57. The van der Waals surface area contributed by atoms with Crippen LogP contribution in [0.4, 0.5) is 5.95 Å². The molecule has 0 aliphatic carbocycles. The van der Waals surface area contributed by atoms with E-state index in [0.717, 1.165) is 22.2 Å². The van der Waals surface area contributed by atoms with Crippen LogP contribution in [0.2, 0.25) is 0 Å². The Hall–Kier alpha value is -1.62. The van der Waals surface area contributed by atoms with E-state index in [0.29, 0.717) is 5.95 Å². The van der Waals surface area contributed by atoms with Gasteiger partial charge in [-0.05, 0) is 36.6 Å². The van der Waals surface area contributed by atoms with Crippen LogP contribution in [0.3, 0.4) is 0 Å². The molecule has 2 aromatic rings. The highest BCUT2D eigenvalue weighted by molar-refractivity contribution is 9.10. The van der Waals surface area contributed by atoms with E-state index in [1.54, 1.807) is 17.1 Å². The van der Waals surface area contributed by atoms with E-state index >= 15 is 0 Å². The van der Waals surface area contributed by atoms with E-state index in [1.165, 1.54) is 5.56 Å². The first-order chi connectivity index (χ1) is 8.60. The van der Waals surface area contributed by atoms with Crippen LogP contribution < -0.4 is 5.73 Å². The van der Waals surface area contributed by atoms with Gasteiger partial charge < -0.3 is 5.73 Å². The number of nitrogens with two attached hydrogens (primary N) is 1. The number of imidazole rings is 1. The second-order valence-corrected chi connectivity index (χ2v) is 4.94. The highest BCUT2D eigenvalue weighted by Crippen LogP contribution is 2.16. The van der Waals surface area contributed by atoms with Crippen molar-refractivity contribution in [3.8, 4) is 0 Å². The summed E-state index contributed by atoms with van der Waals surface area (Å²) in [5.41, 5.74) is 8.92. The first-order valence-corrected chi connectivity index (χ1v) is 6.53. The lowest BCUT2D eigenvalue weighted by atomic mass is 10.1. The van der Waals surface area contributed by atoms with E-state index in [9.17, 15) is 0 Å². The molecule has 0 saturated heterocycles. The van der Waals surface area contributed by atoms with Gasteiger partial charge in [0.1, 0.15) is 0 Å². The standard InChI is InChI=1S/C13H15BrN4/c1-3-10-4-5-12(14)6-11(10)7-16-18-8-9(2)17-13(18)15/h4-8H,3H2,1-2H3,(H2,15,17). The molecule has 0 fully saturated rings. The van der Waals surface area contributed by atoms with Crippen LogP contribution in [0.1, 0.15) is 23.7 Å². The van der Waals surface area contributed by atoms with Gasteiger partial charge in [0.15, 0.2) is 0 Å². The van der Waals surface area contributed by atoms with Crippen molar-refractivity contribution in [2.75, 3.05) is 5.73 Å². The largest absolute Gasteiger partial charge is 0.368 e. The van der Waals surface area contributed by atoms with Crippen molar-refractivity contribution in [3.05, 3.63) is 45.7 Å². The molecule has 0 aliphatic heterocycles. The van der Waals surface area contributed by atoms with Crippen molar-refractivity contribution in [1.82, 2.24) is 9.66 Å². The molecule has 94 valence electrons. The third kappa shape index (κ3) is 2.79. The van der Waals surface area contributed by atoms with E-state index in [1.807, 2.05) is 19.1 Å². The molecule has 0 saturated carbocycles. The molecule has 0 bridgehead atoms. The number of hydrogen-bond acceptors (Lipinski definition) is 3. The van der Waals surface area contributed by atoms with Crippen molar-refractivity contribution in [1.29, 1.82) is 0 Å². The molecule has 2 rings (SSSR count). The first-order valence-electron chi connectivity index (χ1n) is 5.74. The summed E-state index contributed by atoms with van der Waals surface area (Å²) in [6.45, 7) is 4.01. The fraction of sp³-hybridized carbons (Fsp3) is 0.231. The monoisotopic (exact) mass is 306 g/mol. The van der Waals surface area contributed by atoms with Gasteiger partial charge >= 0.3 is 0 Å². The fourth-order valence-corrected chi connectivity index (χ4v) is 2.11. The second-order valence-electron chi connectivity index (χ2n) is 4.03. The maximum absolute atomic E-state index is 5.73. The quantitative estimate of drug-likeness (QED) is 0.886. The molecule has 0 spiro atoms. The zero-order valence-electron chi connectivity index (χ0n) is 10.4. The minimum absolute atomic E-state index is 0.400. The highest BCUT2D eigenvalue weighted by Gasteiger charge is 2.01. The minimum Gasteiger partial charge on any atom is -0.368 e. The van der Waals surface area contributed by atoms with Gasteiger partial charge in [-0.15, -0.1) is 0 Å². The fourth-order valence-electron chi connectivity index (χ4n) is 1.73. The molecule has 1 heterocycles. The molecule has 4 nitrogen and oxygen atoms in total. The summed E-state index contributed by atoms with van der Waals surface area (Å²) in [5.74, 6) is 0.400. The van der Waals surface area contributed by atoms with Crippen LogP contribution >= 0.6 is 15.9 Å². The summed E-state index contributed by atoms with van der Waals surface area (Å²) < 4.78 is 2.62. The van der Waals surface area contributed by atoms with Crippen LogP contribution in [0.5, 0.6) is 0 Å². The Kier molecular flexibility index (Phi) is 3.81. The molecule has 18 heavy (non-hydrogen) atoms. The lowest BCUT2D eigenvalue weighted by molar-refractivity contribution is 0.896. The maximum atomic E-state index is 5.73. The van der Waals surface area contributed by atoms with Crippen molar-refractivity contribution in [3.63, 3.8) is 0 Å². The topological polar surface area (TPSA) is 56.2 Å². The summed E-state index contributed by atoms with van der Waals surface area (Å²) in [6, 6.07) is 6.17. The van der Waals surface area contributed by atoms with Crippen LogP contribution in [-0.4, -0.2) is 15.9 Å². The molecule has 2 N–H and O–H groups in total. The molecule has 5 heteroatoms. The Morgan fingerprint density at radius 2 is 2.28 bits per heavy atom. The molecule has 1 aromatic heterocycles. The number of rotatable bonds is 3. The van der Waals surface area contributed by atoms with E-state index in [4.69, 9.17) is 5.73 Å². The zero-order valence-corrected chi connectivity index (χ0v) is 12.0. The third-order valence-corrected chi connectivity index (χ3v) is 3.14. The zero-order chi connectivity index (χ0) is 13.1. The van der Waals surface area contributed by atoms with Crippen molar-refractivity contribution in [2.24, 2.45) is 5.10 Å². The van der Waals surface area contributed by atoms with Gasteiger partial charge in [-0.2, -0.15) is 5.10 Å². The normalized spacial score (nSPS) is 11.3. The predicted octanol–water partition coefficient (Wildman–Crippen LogP) is 2.98. The van der Waals surface area contributed by atoms with Crippen LogP contribution in [0.25, 0.3) is 0 Å². The molecular formula is C13H15BrN4. The molecule has 0 radical (unpaired) electrons. The van der Waals surface area contributed by atoms with Crippen molar-refractivity contribution >= 4 is 28.1 Å². The summed E-state index contributed by atoms with van der Waals surface area (Å²) in [5, 5.41) is 4.33. The van der Waals surface area contributed by atoms with E-state index in [-0.39, 0.29) is 0 Å². The SMILES string of the molecule is CCc1ccc(Br)cc1C=Nn1cc(C)nc1N. The number of benzene rings is 1. The highest BCUT2D eigenvalue weighted by atomic mass is 79.9. The second kappa shape index (κ2) is 5.35.